The first-order chi connectivity index (χ1) is 12.2. The molecule has 4 heteroatoms. The Morgan fingerprint density at radius 2 is 1.80 bits per heavy atom. The number of hydrogen-bond donors (Lipinski definition) is 0. The van der Waals surface area contributed by atoms with Gasteiger partial charge in [-0.25, -0.2) is 0 Å². The first kappa shape index (κ1) is 20.2. The number of halogens is 2. The van der Waals surface area contributed by atoms with E-state index in [2.05, 4.69) is 13.8 Å². The van der Waals surface area contributed by atoms with Gasteiger partial charge in [0.15, 0.2) is 0 Å². The maximum absolute atomic E-state index is 6.52. The Hall–Kier alpha value is -1.12. The molecule has 1 atom stereocenters. The first-order valence-corrected chi connectivity index (χ1v) is 10.1. The summed E-state index contributed by atoms with van der Waals surface area (Å²) in [6, 6.07) is 9.95. The molecule has 2 aromatic carbocycles. The number of benzene rings is 2. The van der Waals surface area contributed by atoms with Gasteiger partial charge in [0.1, 0.15) is 11.5 Å². The van der Waals surface area contributed by atoms with Crippen molar-refractivity contribution < 1.29 is 9.47 Å². The fourth-order valence-electron chi connectivity index (χ4n) is 2.89. The van der Waals surface area contributed by atoms with Crippen LogP contribution in [-0.4, -0.2) is 19.1 Å². The molecule has 0 aromatic heterocycles. The maximum Gasteiger partial charge on any atom is 0.145 e. The van der Waals surface area contributed by atoms with Gasteiger partial charge in [0.25, 0.3) is 0 Å². The molecule has 0 spiro atoms. The molecule has 0 saturated heterocycles. The highest BCUT2D eigenvalue weighted by molar-refractivity contribution is 6.33. The molecule has 0 aliphatic carbocycles. The average Bonchev–Trinajstić information content (AvgIpc) is 2.63. The second-order valence-corrected chi connectivity index (χ2v) is 7.13. The molecule has 2 aromatic rings. The Kier molecular flexibility index (Phi) is 8.71. The molecule has 0 heterocycles. The highest BCUT2D eigenvalue weighted by Gasteiger charge is 2.15. The monoisotopic (exact) mass is 382 g/mol. The Morgan fingerprint density at radius 3 is 2.48 bits per heavy atom. The van der Waals surface area contributed by atoms with Crippen molar-refractivity contribution in [2.24, 2.45) is 5.92 Å². The molecule has 0 N–H and O–H groups in total. The van der Waals surface area contributed by atoms with Gasteiger partial charge in [-0.15, -0.1) is 11.6 Å². The zero-order valence-electron chi connectivity index (χ0n) is 15.2. The van der Waals surface area contributed by atoms with E-state index in [1.807, 2.05) is 30.3 Å². The summed E-state index contributed by atoms with van der Waals surface area (Å²) >= 11 is 12.3. The number of fused-ring (bicyclic) bond motifs is 1. The summed E-state index contributed by atoms with van der Waals surface area (Å²) in [6.07, 6.45) is 5.58. The Bertz CT molecular complexity index is 658. The molecule has 0 aliphatic heterocycles. The van der Waals surface area contributed by atoms with Gasteiger partial charge in [-0.1, -0.05) is 69.0 Å². The van der Waals surface area contributed by atoms with Crippen LogP contribution in [0.3, 0.4) is 0 Å². The van der Waals surface area contributed by atoms with Crippen LogP contribution in [-0.2, 0) is 0 Å². The van der Waals surface area contributed by atoms with Gasteiger partial charge >= 0.3 is 0 Å². The first-order valence-electron chi connectivity index (χ1n) is 9.24. The van der Waals surface area contributed by atoms with Crippen LogP contribution in [0.4, 0.5) is 0 Å². The molecule has 0 radical (unpaired) electrons. The van der Waals surface area contributed by atoms with E-state index in [0.717, 1.165) is 35.1 Å². The third-order valence-corrected chi connectivity index (χ3v) is 5.00. The van der Waals surface area contributed by atoms with Gasteiger partial charge in [-0.3, -0.25) is 0 Å². The SMILES string of the molecule is CCCCC(CC)COc1c(Cl)cc(OCCCCl)c2ccccc12. The van der Waals surface area contributed by atoms with Crippen molar-refractivity contribution in [2.45, 2.75) is 46.0 Å². The molecule has 25 heavy (non-hydrogen) atoms. The molecule has 0 fully saturated rings. The van der Waals surface area contributed by atoms with Crippen LogP contribution in [0.5, 0.6) is 11.5 Å². The fraction of sp³-hybridized carbons (Fsp3) is 0.524. The van der Waals surface area contributed by atoms with Gasteiger partial charge in [0, 0.05) is 22.7 Å². The van der Waals surface area contributed by atoms with Gasteiger partial charge in [0.05, 0.1) is 18.2 Å². The molecular weight excluding hydrogens is 355 g/mol. The Morgan fingerprint density at radius 1 is 1.04 bits per heavy atom. The van der Waals surface area contributed by atoms with Crippen LogP contribution in [0.15, 0.2) is 30.3 Å². The molecule has 0 saturated carbocycles. The number of ether oxygens (including phenoxy) is 2. The van der Waals surface area contributed by atoms with E-state index in [1.165, 1.54) is 19.3 Å². The summed E-state index contributed by atoms with van der Waals surface area (Å²) in [7, 11) is 0. The molecule has 0 aliphatic rings. The quantitative estimate of drug-likeness (QED) is 0.304. The lowest BCUT2D eigenvalue weighted by Crippen LogP contribution is -2.12. The number of hydrogen-bond acceptors (Lipinski definition) is 2. The van der Waals surface area contributed by atoms with E-state index in [-0.39, 0.29) is 0 Å². The molecular formula is C21H28Cl2O2. The van der Waals surface area contributed by atoms with Crippen LogP contribution < -0.4 is 9.47 Å². The normalized spacial score (nSPS) is 12.3. The molecule has 1 unspecified atom stereocenters. The van der Waals surface area contributed by atoms with Crippen LogP contribution in [0.1, 0.15) is 46.0 Å². The van der Waals surface area contributed by atoms with E-state index in [9.17, 15) is 0 Å². The summed E-state index contributed by atoms with van der Waals surface area (Å²) in [5, 5.41) is 2.63. The molecule has 2 nitrogen and oxygen atoms in total. The largest absolute Gasteiger partial charge is 0.493 e. The van der Waals surface area contributed by atoms with Crippen molar-refractivity contribution in [1.29, 1.82) is 0 Å². The fourth-order valence-corrected chi connectivity index (χ4v) is 3.25. The van der Waals surface area contributed by atoms with Crippen molar-refractivity contribution >= 4 is 34.0 Å². The van der Waals surface area contributed by atoms with Gasteiger partial charge in [-0.05, 0) is 18.8 Å². The number of alkyl halides is 1. The van der Waals surface area contributed by atoms with Crippen molar-refractivity contribution in [3.05, 3.63) is 35.4 Å². The van der Waals surface area contributed by atoms with Crippen molar-refractivity contribution in [2.75, 3.05) is 19.1 Å². The third-order valence-electron chi connectivity index (χ3n) is 4.45. The maximum atomic E-state index is 6.52. The predicted molar refractivity (Wildman–Crippen MR) is 109 cm³/mol. The van der Waals surface area contributed by atoms with E-state index < -0.39 is 0 Å². The lowest BCUT2D eigenvalue weighted by Gasteiger charge is -2.19. The Balaban J connectivity index is 2.22. The van der Waals surface area contributed by atoms with Crippen LogP contribution in [0, 0.1) is 5.92 Å². The van der Waals surface area contributed by atoms with Gasteiger partial charge < -0.3 is 9.47 Å². The lowest BCUT2D eigenvalue weighted by atomic mass is 10.0. The minimum Gasteiger partial charge on any atom is -0.493 e. The summed E-state index contributed by atoms with van der Waals surface area (Å²) < 4.78 is 12.0. The van der Waals surface area contributed by atoms with Gasteiger partial charge in [0.2, 0.25) is 0 Å². The second-order valence-electron chi connectivity index (χ2n) is 6.35. The number of rotatable bonds is 11. The highest BCUT2D eigenvalue weighted by atomic mass is 35.5. The lowest BCUT2D eigenvalue weighted by molar-refractivity contribution is 0.235. The zero-order chi connectivity index (χ0) is 18.1. The van der Waals surface area contributed by atoms with E-state index in [1.54, 1.807) is 0 Å². The second kappa shape index (κ2) is 10.8. The van der Waals surface area contributed by atoms with E-state index in [4.69, 9.17) is 32.7 Å². The summed E-state index contributed by atoms with van der Waals surface area (Å²) in [6.45, 7) is 5.73. The summed E-state index contributed by atoms with van der Waals surface area (Å²) in [4.78, 5) is 0. The molecule has 138 valence electrons. The van der Waals surface area contributed by atoms with Crippen LogP contribution >= 0.6 is 23.2 Å². The average molecular weight is 383 g/mol. The minimum absolute atomic E-state index is 0.564. The van der Waals surface area contributed by atoms with Crippen LogP contribution in [0.25, 0.3) is 10.8 Å². The zero-order valence-corrected chi connectivity index (χ0v) is 16.7. The number of unbranched alkanes of at least 4 members (excludes halogenated alkanes) is 1. The Labute approximate surface area is 161 Å². The molecule has 2 rings (SSSR count). The topological polar surface area (TPSA) is 18.5 Å². The smallest absolute Gasteiger partial charge is 0.145 e. The van der Waals surface area contributed by atoms with E-state index >= 15 is 0 Å². The minimum atomic E-state index is 0.564. The molecule has 0 bridgehead atoms. The van der Waals surface area contributed by atoms with Crippen molar-refractivity contribution in [3.63, 3.8) is 0 Å². The summed E-state index contributed by atoms with van der Waals surface area (Å²) in [5.74, 6) is 2.70. The van der Waals surface area contributed by atoms with Crippen molar-refractivity contribution in [3.8, 4) is 11.5 Å². The third kappa shape index (κ3) is 5.69. The van der Waals surface area contributed by atoms with Crippen molar-refractivity contribution in [1.82, 2.24) is 0 Å². The predicted octanol–water partition coefficient (Wildman–Crippen LogP) is 7.10. The standard InChI is InChI=1S/C21H28Cl2O2/c1-3-5-9-16(4-2)15-25-21-18-11-7-6-10-17(18)20(14-19(21)23)24-13-8-12-22/h6-7,10-11,14,16H,3-5,8-9,12-13,15H2,1-2H3. The molecule has 0 amide bonds. The van der Waals surface area contributed by atoms with Gasteiger partial charge in [-0.2, -0.15) is 0 Å². The highest BCUT2D eigenvalue weighted by Crippen LogP contribution is 2.40. The summed E-state index contributed by atoms with van der Waals surface area (Å²) in [5.41, 5.74) is 0. The van der Waals surface area contributed by atoms with E-state index in [0.29, 0.717) is 30.0 Å². The van der Waals surface area contributed by atoms with Crippen LogP contribution in [0.2, 0.25) is 5.02 Å².